The number of carbonyl (C=O) groups excluding carboxylic acids is 1. The van der Waals surface area contributed by atoms with Crippen molar-refractivity contribution >= 4 is 11.7 Å². The molecule has 2 fully saturated rings. The molecule has 3 heterocycles. The topological polar surface area (TPSA) is 35.6 Å². The Kier molecular flexibility index (Phi) is 3.37. The lowest BCUT2D eigenvalue weighted by atomic mass is 9.98. The van der Waals surface area contributed by atoms with E-state index in [1.165, 1.54) is 18.4 Å². The number of urea groups is 1. The van der Waals surface area contributed by atoms with Gasteiger partial charge in [0.15, 0.2) is 0 Å². The molecular formula is C18H25N3O. The zero-order valence-corrected chi connectivity index (χ0v) is 13.5. The fourth-order valence-corrected chi connectivity index (χ4v) is 4.65. The van der Waals surface area contributed by atoms with E-state index >= 15 is 0 Å². The molecule has 0 aliphatic carbocycles. The van der Waals surface area contributed by atoms with Crippen LogP contribution in [0.15, 0.2) is 24.3 Å². The lowest BCUT2D eigenvalue weighted by molar-refractivity contribution is 0.150. The van der Waals surface area contributed by atoms with Gasteiger partial charge in [-0.3, -0.25) is 4.90 Å². The molecule has 4 heteroatoms. The number of rotatable bonds is 1. The molecule has 4 atom stereocenters. The number of benzene rings is 1. The maximum atomic E-state index is 12.8. The Bertz CT molecular complexity index is 573. The average Bonchev–Trinajstić information content (AvgIpc) is 2.90. The van der Waals surface area contributed by atoms with Gasteiger partial charge < -0.3 is 10.2 Å². The number of nitrogens with one attached hydrogen (secondary N) is 1. The monoisotopic (exact) mass is 299 g/mol. The zero-order chi connectivity index (χ0) is 15.3. The van der Waals surface area contributed by atoms with Crippen LogP contribution < -0.4 is 10.2 Å². The van der Waals surface area contributed by atoms with Crippen LogP contribution in [-0.4, -0.2) is 42.1 Å². The normalized spacial score (nSPS) is 33.8. The SMILES string of the molecule is CC1Cc2ccccc2N1C(=O)NC1C[C@H]2CC[C@@H](C1)N2C. The molecule has 1 aromatic rings. The predicted octanol–water partition coefficient (Wildman–Crippen LogP) is 2.77. The first-order valence-electron chi connectivity index (χ1n) is 8.53. The van der Waals surface area contributed by atoms with Crippen molar-refractivity contribution in [2.45, 2.75) is 63.2 Å². The van der Waals surface area contributed by atoms with Crippen LogP contribution in [0.5, 0.6) is 0 Å². The first-order valence-corrected chi connectivity index (χ1v) is 8.53. The summed E-state index contributed by atoms with van der Waals surface area (Å²) in [5.74, 6) is 0. The first kappa shape index (κ1) is 14.1. The van der Waals surface area contributed by atoms with Crippen molar-refractivity contribution in [2.24, 2.45) is 0 Å². The van der Waals surface area contributed by atoms with Gasteiger partial charge in [0.1, 0.15) is 0 Å². The van der Waals surface area contributed by atoms with Crippen molar-refractivity contribution in [3.8, 4) is 0 Å². The molecule has 0 spiro atoms. The Morgan fingerprint density at radius 3 is 2.59 bits per heavy atom. The van der Waals surface area contributed by atoms with E-state index in [0.29, 0.717) is 18.1 Å². The highest BCUT2D eigenvalue weighted by Crippen LogP contribution is 2.35. The maximum Gasteiger partial charge on any atom is 0.322 e. The summed E-state index contributed by atoms with van der Waals surface area (Å²) in [5, 5.41) is 3.31. The van der Waals surface area contributed by atoms with Crippen molar-refractivity contribution in [3.05, 3.63) is 29.8 Å². The van der Waals surface area contributed by atoms with E-state index in [2.05, 4.69) is 42.4 Å². The minimum atomic E-state index is 0.0893. The molecular weight excluding hydrogens is 274 g/mol. The standard InChI is InChI=1S/C18H25N3O/c1-12-9-13-5-3-4-6-17(13)21(12)18(22)19-14-10-15-7-8-16(11-14)20(15)2/h3-6,12,14-16H,7-11H2,1-2H3,(H,19,22)/t12?,14?,15-,16+. The van der Waals surface area contributed by atoms with Gasteiger partial charge in [0.05, 0.1) is 0 Å². The smallest absolute Gasteiger partial charge is 0.322 e. The second kappa shape index (κ2) is 5.27. The molecule has 3 aliphatic rings. The van der Waals surface area contributed by atoms with E-state index in [1.54, 1.807) is 0 Å². The predicted molar refractivity (Wildman–Crippen MR) is 88.2 cm³/mol. The highest BCUT2D eigenvalue weighted by atomic mass is 16.2. The molecule has 1 aromatic carbocycles. The van der Waals surface area contributed by atoms with E-state index in [-0.39, 0.29) is 12.1 Å². The lowest BCUT2D eigenvalue weighted by Crippen LogP contribution is -2.53. The molecule has 0 saturated carbocycles. The molecule has 22 heavy (non-hydrogen) atoms. The minimum absolute atomic E-state index is 0.0893. The highest BCUT2D eigenvalue weighted by Gasteiger charge is 2.40. The van der Waals surface area contributed by atoms with E-state index in [4.69, 9.17) is 0 Å². The molecule has 4 rings (SSSR count). The highest BCUT2D eigenvalue weighted by molar-refractivity contribution is 5.95. The van der Waals surface area contributed by atoms with Crippen LogP contribution in [0.1, 0.15) is 38.2 Å². The quantitative estimate of drug-likeness (QED) is 0.865. The number of nitrogens with zero attached hydrogens (tertiary/aromatic N) is 2. The number of amides is 2. The van der Waals surface area contributed by atoms with Crippen LogP contribution in [0.3, 0.4) is 0 Å². The number of carbonyl (C=O) groups is 1. The van der Waals surface area contributed by atoms with Crippen molar-refractivity contribution in [3.63, 3.8) is 0 Å². The second-order valence-corrected chi connectivity index (χ2v) is 7.22. The Labute approximate surface area is 132 Å². The Morgan fingerprint density at radius 2 is 1.86 bits per heavy atom. The Balaban J connectivity index is 1.47. The van der Waals surface area contributed by atoms with Crippen LogP contribution in [0.25, 0.3) is 0 Å². The van der Waals surface area contributed by atoms with Gasteiger partial charge >= 0.3 is 6.03 Å². The van der Waals surface area contributed by atoms with Crippen LogP contribution in [-0.2, 0) is 6.42 Å². The third kappa shape index (κ3) is 2.21. The minimum Gasteiger partial charge on any atom is -0.335 e. The van der Waals surface area contributed by atoms with Gasteiger partial charge in [-0.15, -0.1) is 0 Å². The van der Waals surface area contributed by atoms with E-state index in [0.717, 1.165) is 24.9 Å². The Morgan fingerprint density at radius 1 is 1.18 bits per heavy atom. The molecule has 2 unspecified atom stereocenters. The summed E-state index contributed by atoms with van der Waals surface area (Å²) in [6.07, 6.45) is 5.74. The summed E-state index contributed by atoms with van der Waals surface area (Å²) in [4.78, 5) is 17.3. The number of hydrogen-bond acceptors (Lipinski definition) is 2. The fourth-order valence-electron chi connectivity index (χ4n) is 4.65. The molecule has 0 aromatic heterocycles. The molecule has 3 aliphatic heterocycles. The summed E-state index contributed by atoms with van der Waals surface area (Å²) < 4.78 is 0. The number of fused-ring (bicyclic) bond motifs is 3. The summed E-state index contributed by atoms with van der Waals surface area (Å²) >= 11 is 0. The first-order chi connectivity index (χ1) is 10.6. The molecule has 1 N–H and O–H groups in total. The second-order valence-electron chi connectivity index (χ2n) is 7.22. The van der Waals surface area contributed by atoms with Crippen molar-refractivity contribution in [1.82, 2.24) is 10.2 Å². The maximum absolute atomic E-state index is 12.8. The average molecular weight is 299 g/mol. The van der Waals surface area contributed by atoms with Crippen LogP contribution in [0.2, 0.25) is 0 Å². The van der Waals surface area contributed by atoms with Crippen LogP contribution in [0.4, 0.5) is 10.5 Å². The third-order valence-corrected chi connectivity index (χ3v) is 5.85. The Hall–Kier alpha value is -1.55. The molecule has 2 amide bonds. The van der Waals surface area contributed by atoms with Crippen LogP contribution >= 0.6 is 0 Å². The van der Waals surface area contributed by atoms with Gasteiger partial charge in [0.2, 0.25) is 0 Å². The number of piperidine rings is 1. The number of anilines is 1. The van der Waals surface area contributed by atoms with E-state index < -0.39 is 0 Å². The molecule has 118 valence electrons. The van der Waals surface area contributed by atoms with Gasteiger partial charge in [0, 0.05) is 29.9 Å². The number of hydrogen-bond donors (Lipinski definition) is 1. The van der Waals surface area contributed by atoms with Crippen molar-refractivity contribution in [2.75, 3.05) is 11.9 Å². The summed E-state index contributed by atoms with van der Waals surface area (Å²) in [6, 6.07) is 10.3. The largest absolute Gasteiger partial charge is 0.335 e. The van der Waals surface area contributed by atoms with E-state index in [1.807, 2.05) is 11.0 Å². The summed E-state index contributed by atoms with van der Waals surface area (Å²) in [7, 11) is 2.24. The van der Waals surface area contributed by atoms with E-state index in [9.17, 15) is 4.79 Å². The fraction of sp³-hybridized carbons (Fsp3) is 0.611. The van der Waals surface area contributed by atoms with Gasteiger partial charge in [-0.2, -0.15) is 0 Å². The zero-order valence-electron chi connectivity index (χ0n) is 13.5. The van der Waals surface area contributed by atoms with Gasteiger partial charge in [-0.1, -0.05) is 18.2 Å². The molecule has 2 saturated heterocycles. The molecule has 0 radical (unpaired) electrons. The summed E-state index contributed by atoms with van der Waals surface area (Å²) in [5.41, 5.74) is 2.37. The lowest BCUT2D eigenvalue weighted by Gasteiger charge is -2.37. The van der Waals surface area contributed by atoms with Crippen molar-refractivity contribution in [1.29, 1.82) is 0 Å². The molecule has 2 bridgehead atoms. The van der Waals surface area contributed by atoms with Crippen LogP contribution in [0, 0.1) is 0 Å². The van der Waals surface area contributed by atoms with Gasteiger partial charge in [-0.05, 0) is 57.7 Å². The van der Waals surface area contributed by atoms with Crippen molar-refractivity contribution < 1.29 is 4.79 Å². The number of para-hydroxylation sites is 1. The van der Waals surface area contributed by atoms with Gasteiger partial charge in [-0.25, -0.2) is 4.79 Å². The van der Waals surface area contributed by atoms with Gasteiger partial charge in [0.25, 0.3) is 0 Å². The summed E-state index contributed by atoms with van der Waals surface area (Å²) in [6.45, 7) is 2.14. The molecule has 4 nitrogen and oxygen atoms in total. The third-order valence-electron chi connectivity index (χ3n) is 5.85.